The number of nitrogens with zero attached hydrogens (tertiary/aromatic N) is 8. The summed E-state index contributed by atoms with van der Waals surface area (Å²) in [6, 6.07) is 4.25. The van der Waals surface area contributed by atoms with Gasteiger partial charge in [0.2, 0.25) is 5.91 Å². The van der Waals surface area contributed by atoms with Crippen LogP contribution in [0.2, 0.25) is 5.02 Å². The summed E-state index contributed by atoms with van der Waals surface area (Å²) < 4.78 is 2.19. The summed E-state index contributed by atoms with van der Waals surface area (Å²) in [6.07, 6.45) is 9.44. The molecule has 0 radical (unpaired) electrons. The quantitative estimate of drug-likeness (QED) is 0.304. The largest absolute Gasteiger partial charge is 0.366 e. The zero-order chi connectivity index (χ0) is 29.6. The Bertz CT molecular complexity index is 1620. The molecule has 2 fully saturated rings. The van der Waals surface area contributed by atoms with Gasteiger partial charge in [-0.25, -0.2) is 0 Å². The lowest BCUT2D eigenvalue weighted by atomic mass is 9.91. The Labute approximate surface area is 251 Å². The molecule has 220 valence electrons. The van der Waals surface area contributed by atoms with Gasteiger partial charge in [-0.1, -0.05) is 25.1 Å². The molecule has 10 nitrogen and oxygen atoms in total. The maximum absolute atomic E-state index is 12.3. The third kappa shape index (κ3) is 4.71. The first-order valence-electron chi connectivity index (χ1n) is 14.7. The Morgan fingerprint density at radius 3 is 2.64 bits per heavy atom. The van der Waals surface area contributed by atoms with Crippen LogP contribution in [0.15, 0.2) is 43.4 Å². The number of hydrogen-bond acceptors (Lipinski definition) is 7. The fraction of sp³-hybridized carbons (Fsp3) is 0.452. The van der Waals surface area contributed by atoms with Crippen LogP contribution in [0.3, 0.4) is 0 Å². The fourth-order valence-corrected chi connectivity index (χ4v) is 6.92. The van der Waals surface area contributed by atoms with Gasteiger partial charge in [-0.3, -0.25) is 14.6 Å². The number of anilines is 2. The lowest BCUT2D eigenvalue weighted by Gasteiger charge is -2.50. The second-order valence-corrected chi connectivity index (χ2v) is 12.1. The SMILES string of the molecule is C=CC(=O)N1CCC(n2nc(N3CCN(c4ccnnc4)C[C@]3(C)CC)c(-c3c(Cl)c(C)cc4[nH]ncc34)c2C)CC1. The molecule has 1 N–H and O–H groups in total. The minimum Gasteiger partial charge on any atom is -0.366 e. The first-order chi connectivity index (χ1) is 20.3. The number of benzene rings is 1. The summed E-state index contributed by atoms with van der Waals surface area (Å²) in [6.45, 7) is 16.2. The minimum atomic E-state index is -0.201. The van der Waals surface area contributed by atoms with E-state index in [1.807, 2.05) is 30.3 Å². The zero-order valence-corrected chi connectivity index (χ0v) is 25.5. The van der Waals surface area contributed by atoms with Crippen LogP contribution >= 0.6 is 11.6 Å². The van der Waals surface area contributed by atoms with Crippen molar-refractivity contribution in [2.45, 2.75) is 58.5 Å². The number of piperidine rings is 1. The van der Waals surface area contributed by atoms with Crippen molar-refractivity contribution in [3.05, 3.63) is 59.7 Å². The highest BCUT2D eigenvalue weighted by Crippen LogP contribution is 2.46. The molecule has 2 aliphatic rings. The number of piperazine rings is 1. The number of fused-ring (bicyclic) bond motifs is 1. The number of carbonyl (C=O) groups is 1. The lowest BCUT2D eigenvalue weighted by molar-refractivity contribution is -0.127. The molecule has 42 heavy (non-hydrogen) atoms. The van der Waals surface area contributed by atoms with Gasteiger partial charge in [0.05, 0.1) is 46.4 Å². The second kappa shape index (κ2) is 11.1. The number of likely N-dealkylation sites (tertiary alicyclic amines) is 1. The average Bonchev–Trinajstić information content (AvgIpc) is 3.62. The van der Waals surface area contributed by atoms with Crippen molar-refractivity contribution in [1.82, 2.24) is 35.1 Å². The predicted octanol–water partition coefficient (Wildman–Crippen LogP) is 5.33. The molecule has 6 rings (SSSR count). The minimum absolute atomic E-state index is 0.0121. The van der Waals surface area contributed by atoms with Gasteiger partial charge >= 0.3 is 0 Å². The molecule has 11 heteroatoms. The van der Waals surface area contributed by atoms with E-state index >= 15 is 0 Å². The standard InChI is InChI=1S/C31H38ClN9O/c1-6-26(42)38-12-9-22(10-13-38)41-21(4)27(28-24-18-35-36-25(24)16-20(3)29(28)32)30(37-41)40-15-14-39(19-31(40,5)7-2)23-8-11-33-34-17-23/h6,8,11,16-18,22H,1,7,9-10,12-15,19H2,2-5H3,(H,35,36)/t31-/m0/s1. The van der Waals surface area contributed by atoms with Crippen LogP contribution in [0, 0.1) is 13.8 Å². The molecule has 0 unspecified atom stereocenters. The second-order valence-electron chi connectivity index (χ2n) is 11.7. The molecule has 0 aliphatic carbocycles. The number of hydrogen-bond donors (Lipinski definition) is 1. The van der Waals surface area contributed by atoms with Gasteiger partial charge in [0, 0.05) is 54.9 Å². The Morgan fingerprint density at radius 1 is 1.17 bits per heavy atom. The van der Waals surface area contributed by atoms with Crippen molar-refractivity contribution in [3.8, 4) is 11.1 Å². The number of nitrogens with one attached hydrogen (secondary N) is 1. The van der Waals surface area contributed by atoms with Crippen LogP contribution in [0.4, 0.5) is 11.5 Å². The molecule has 3 aromatic heterocycles. The highest BCUT2D eigenvalue weighted by atomic mass is 35.5. The van der Waals surface area contributed by atoms with Crippen molar-refractivity contribution < 1.29 is 4.79 Å². The maximum atomic E-state index is 12.3. The Kier molecular flexibility index (Phi) is 7.43. The van der Waals surface area contributed by atoms with Gasteiger partial charge < -0.3 is 14.7 Å². The number of aromatic amines is 1. The molecule has 1 amide bonds. The molecule has 5 heterocycles. The fourth-order valence-electron chi connectivity index (χ4n) is 6.67. The van der Waals surface area contributed by atoms with Crippen LogP contribution in [0.5, 0.6) is 0 Å². The van der Waals surface area contributed by atoms with Crippen LogP contribution in [-0.2, 0) is 4.79 Å². The summed E-state index contributed by atoms with van der Waals surface area (Å²) in [4.78, 5) is 19.0. The van der Waals surface area contributed by atoms with Gasteiger partial charge in [-0.15, -0.1) is 0 Å². The van der Waals surface area contributed by atoms with Crippen molar-refractivity contribution >= 4 is 39.9 Å². The Balaban J connectivity index is 1.47. The van der Waals surface area contributed by atoms with Crippen LogP contribution in [-0.4, -0.2) is 79.2 Å². The maximum Gasteiger partial charge on any atom is 0.245 e. The van der Waals surface area contributed by atoms with Crippen molar-refractivity contribution in [3.63, 3.8) is 0 Å². The first kappa shape index (κ1) is 28.2. The Morgan fingerprint density at radius 2 is 1.95 bits per heavy atom. The number of aryl methyl sites for hydroxylation is 1. The lowest BCUT2D eigenvalue weighted by Crippen LogP contribution is -2.61. The van der Waals surface area contributed by atoms with E-state index in [4.69, 9.17) is 16.7 Å². The van der Waals surface area contributed by atoms with E-state index in [2.05, 4.69) is 68.3 Å². The molecule has 0 spiro atoms. The molecule has 0 saturated carbocycles. The normalized spacial score (nSPS) is 20.0. The van der Waals surface area contributed by atoms with E-state index in [1.165, 1.54) is 6.08 Å². The predicted molar refractivity (Wildman–Crippen MR) is 167 cm³/mol. The van der Waals surface area contributed by atoms with Gasteiger partial charge in [0.15, 0.2) is 5.82 Å². The third-order valence-electron chi connectivity index (χ3n) is 9.27. The van der Waals surface area contributed by atoms with Crippen LogP contribution < -0.4 is 9.80 Å². The number of amides is 1. The summed E-state index contributed by atoms with van der Waals surface area (Å²) >= 11 is 7.15. The number of carbonyl (C=O) groups excluding carboxylic acids is 1. The molecular formula is C31H38ClN9O. The van der Waals surface area contributed by atoms with E-state index in [9.17, 15) is 4.79 Å². The van der Waals surface area contributed by atoms with E-state index in [1.54, 1.807) is 6.20 Å². The topological polar surface area (TPSA) is 99.1 Å². The number of halogens is 1. The van der Waals surface area contributed by atoms with E-state index < -0.39 is 0 Å². The van der Waals surface area contributed by atoms with Gasteiger partial charge in [-0.05, 0) is 63.8 Å². The number of aromatic nitrogens is 6. The van der Waals surface area contributed by atoms with Crippen molar-refractivity contribution in [2.75, 3.05) is 42.5 Å². The summed E-state index contributed by atoms with van der Waals surface area (Å²) in [7, 11) is 0. The summed E-state index contributed by atoms with van der Waals surface area (Å²) in [5.74, 6) is 0.936. The summed E-state index contributed by atoms with van der Waals surface area (Å²) in [5, 5.41) is 22.7. The van der Waals surface area contributed by atoms with E-state index in [0.29, 0.717) is 13.1 Å². The number of rotatable bonds is 6. The molecule has 1 atom stereocenters. The zero-order valence-electron chi connectivity index (χ0n) is 24.8. The van der Waals surface area contributed by atoms with Gasteiger partial charge in [-0.2, -0.15) is 20.4 Å². The molecule has 2 saturated heterocycles. The van der Waals surface area contributed by atoms with Crippen LogP contribution in [0.25, 0.3) is 22.0 Å². The van der Waals surface area contributed by atoms with Gasteiger partial charge in [0.25, 0.3) is 0 Å². The number of H-pyrrole nitrogens is 1. The smallest absolute Gasteiger partial charge is 0.245 e. The monoisotopic (exact) mass is 587 g/mol. The molecular weight excluding hydrogens is 550 g/mol. The van der Waals surface area contributed by atoms with E-state index in [0.717, 1.165) is 88.7 Å². The molecule has 0 bridgehead atoms. The molecule has 2 aliphatic heterocycles. The highest BCUT2D eigenvalue weighted by Gasteiger charge is 2.41. The molecule has 1 aromatic carbocycles. The third-order valence-corrected chi connectivity index (χ3v) is 9.76. The highest BCUT2D eigenvalue weighted by molar-refractivity contribution is 6.36. The first-order valence-corrected chi connectivity index (χ1v) is 15.1. The summed E-state index contributed by atoms with van der Waals surface area (Å²) in [5.41, 5.74) is 5.92. The Hall–Kier alpha value is -3.92. The molecule has 4 aromatic rings. The van der Waals surface area contributed by atoms with Crippen molar-refractivity contribution in [1.29, 1.82) is 0 Å². The van der Waals surface area contributed by atoms with Crippen molar-refractivity contribution in [2.24, 2.45) is 0 Å². The average molecular weight is 588 g/mol. The van der Waals surface area contributed by atoms with Crippen LogP contribution in [0.1, 0.15) is 50.4 Å². The van der Waals surface area contributed by atoms with E-state index in [-0.39, 0.29) is 17.5 Å². The van der Waals surface area contributed by atoms with Gasteiger partial charge in [0.1, 0.15) is 0 Å².